The van der Waals surface area contributed by atoms with E-state index in [2.05, 4.69) is 41.5 Å². The molecule has 0 N–H and O–H groups in total. The lowest BCUT2D eigenvalue weighted by atomic mass is 9.68. The molecule has 0 saturated carbocycles. The van der Waals surface area contributed by atoms with Crippen LogP contribution < -0.4 is 0 Å². The molecule has 0 amide bonds. The number of hydrogen-bond acceptors (Lipinski definition) is 2. The van der Waals surface area contributed by atoms with Gasteiger partial charge in [-0.15, -0.1) is 0 Å². The zero-order chi connectivity index (χ0) is 12.8. The van der Waals surface area contributed by atoms with Crippen molar-refractivity contribution in [1.82, 2.24) is 0 Å². The van der Waals surface area contributed by atoms with E-state index >= 15 is 0 Å². The lowest BCUT2D eigenvalue weighted by molar-refractivity contribution is 0.00632. The van der Waals surface area contributed by atoms with Crippen LogP contribution in [0.15, 0.2) is 0 Å². The molecule has 0 aliphatic carbocycles. The van der Waals surface area contributed by atoms with Crippen LogP contribution in [-0.4, -0.2) is 25.4 Å². The molecule has 2 aliphatic heterocycles. The van der Waals surface area contributed by atoms with Crippen LogP contribution in [0.1, 0.15) is 41.5 Å². The standard InChI is InChI=1S/C15H28O2/c1-9(2)11-7-16-14-12(8-17-13(11)14)15(5,6)10(3)4/h9-14H,7-8H2,1-6H3. The van der Waals surface area contributed by atoms with Gasteiger partial charge in [-0.3, -0.25) is 0 Å². The second kappa shape index (κ2) is 4.55. The molecular formula is C15H28O2. The Balaban J connectivity index is 2.11. The normalized spacial score (nSPS) is 38.1. The summed E-state index contributed by atoms with van der Waals surface area (Å²) in [6, 6.07) is 0. The van der Waals surface area contributed by atoms with E-state index in [0.717, 1.165) is 13.2 Å². The molecule has 2 fully saturated rings. The smallest absolute Gasteiger partial charge is 0.0895 e. The summed E-state index contributed by atoms with van der Waals surface area (Å²) in [5.74, 6) is 2.46. The van der Waals surface area contributed by atoms with Gasteiger partial charge in [0.25, 0.3) is 0 Å². The van der Waals surface area contributed by atoms with Crippen molar-refractivity contribution in [2.24, 2.45) is 29.1 Å². The highest BCUT2D eigenvalue weighted by Gasteiger charge is 2.53. The summed E-state index contributed by atoms with van der Waals surface area (Å²) in [4.78, 5) is 0. The first-order chi connectivity index (χ1) is 7.85. The van der Waals surface area contributed by atoms with Crippen molar-refractivity contribution in [3.05, 3.63) is 0 Å². The fourth-order valence-corrected chi connectivity index (χ4v) is 3.17. The van der Waals surface area contributed by atoms with E-state index in [4.69, 9.17) is 9.47 Å². The SMILES string of the molecule is CC(C)C1COC2C1OCC2C(C)(C)C(C)C. The summed E-state index contributed by atoms with van der Waals surface area (Å²) < 4.78 is 12.1. The van der Waals surface area contributed by atoms with E-state index in [1.165, 1.54) is 0 Å². The van der Waals surface area contributed by atoms with Crippen molar-refractivity contribution >= 4 is 0 Å². The van der Waals surface area contributed by atoms with Crippen LogP contribution in [0.3, 0.4) is 0 Å². The summed E-state index contributed by atoms with van der Waals surface area (Å²) in [5, 5.41) is 0. The first-order valence-electron chi connectivity index (χ1n) is 7.09. The topological polar surface area (TPSA) is 18.5 Å². The van der Waals surface area contributed by atoms with Gasteiger partial charge in [0.05, 0.1) is 25.4 Å². The maximum absolute atomic E-state index is 6.07. The first-order valence-corrected chi connectivity index (χ1v) is 7.09. The van der Waals surface area contributed by atoms with Gasteiger partial charge in [0.1, 0.15) is 0 Å². The Kier molecular flexibility index (Phi) is 3.57. The third kappa shape index (κ3) is 2.15. The molecule has 100 valence electrons. The van der Waals surface area contributed by atoms with Gasteiger partial charge in [-0.25, -0.2) is 0 Å². The maximum atomic E-state index is 6.07. The van der Waals surface area contributed by atoms with Gasteiger partial charge >= 0.3 is 0 Å². The van der Waals surface area contributed by atoms with Gasteiger partial charge in [0.15, 0.2) is 0 Å². The Morgan fingerprint density at radius 2 is 1.53 bits per heavy atom. The van der Waals surface area contributed by atoms with Crippen molar-refractivity contribution in [3.63, 3.8) is 0 Å². The molecule has 2 aliphatic rings. The van der Waals surface area contributed by atoms with E-state index in [-0.39, 0.29) is 0 Å². The van der Waals surface area contributed by atoms with Crippen LogP contribution in [0.4, 0.5) is 0 Å². The number of rotatable bonds is 3. The van der Waals surface area contributed by atoms with Crippen LogP contribution in [-0.2, 0) is 9.47 Å². The zero-order valence-corrected chi connectivity index (χ0v) is 12.2. The lowest BCUT2D eigenvalue weighted by Crippen LogP contribution is -2.38. The average molecular weight is 240 g/mol. The summed E-state index contributed by atoms with van der Waals surface area (Å²) in [6.07, 6.45) is 0.679. The van der Waals surface area contributed by atoms with Gasteiger partial charge in [-0.1, -0.05) is 41.5 Å². The highest BCUT2D eigenvalue weighted by molar-refractivity contribution is 5.00. The molecule has 2 rings (SSSR count). The Labute approximate surface area is 106 Å². The van der Waals surface area contributed by atoms with Crippen molar-refractivity contribution < 1.29 is 9.47 Å². The van der Waals surface area contributed by atoms with Gasteiger partial charge in [-0.05, 0) is 17.3 Å². The summed E-state index contributed by atoms with van der Waals surface area (Å²) >= 11 is 0. The second-order valence-electron chi connectivity index (χ2n) is 7.09. The molecular weight excluding hydrogens is 212 g/mol. The highest BCUT2D eigenvalue weighted by atomic mass is 16.6. The first kappa shape index (κ1) is 13.4. The molecule has 2 heteroatoms. The van der Waals surface area contributed by atoms with Crippen LogP contribution in [0.5, 0.6) is 0 Å². The molecule has 0 aromatic heterocycles. The molecule has 17 heavy (non-hydrogen) atoms. The van der Waals surface area contributed by atoms with E-state index in [0.29, 0.717) is 41.3 Å². The van der Waals surface area contributed by atoms with Crippen LogP contribution >= 0.6 is 0 Å². The van der Waals surface area contributed by atoms with Crippen molar-refractivity contribution in [2.45, 2.75) is 53.8 Å². The molecule has 0 radical (unpaired) electrons. The maximum Gasteiger partial charge on any atom is 0.0895 e. The monoisotopic (exact) mass is 240 g/mol. The molecule has 0 bridgehead atoms. The molecule has 4 unspecified atom stereocenters. The van der Waals surface area contributed by atoms with Crippen molar-refractivity contribution in [1.29, 1.82) is 0 Å². The van der Waals surface area contributed by atoms with E-state index < -0.39 is 0 Å². The largest absolute Gasteiger partial charge is 0.375 e. The molecule has 0 aromatic rings. The highest BCUT2D eigenvalue weighted by Crippen LogP contribution is 2.47. The second-order valence-corrected chi connectivity index (χ2v) is 7.09. The van der Waals surface area contributed by atoms with Crippen LogP contribution in [0, 0.1) is 29.1 Å². The summed E-state index contributed by atoms with van der Waals surface area (Å²) in [5.41, 5.74) is 0.297. The fraction of sp³-hybridized carbons (Fsp3) is 1.00. The van der Waals surface area contributed by atoms with Gasteiger partial charge in [0, 0.05) is 11.8 Å². The number of ether oxygens (including phenoxy) is 2. The molecule has 2 saturated heterocycles. The summed E-state index contributed by atoms with van der Waals surface area (Å²) in [6.45, 7) is 15.7. The number of hydrogen-bond donors (Lipinski definition) is 0. The van der Waals surface area contributed by atoms with Gasteiger partial charge < -0.3 is 9.47 Å². The molecule has 2 heterocycles. The Morgan fingerprint density at radius 1 is 0.941 bits per heavy atom. The predicted octanol–water partition coefficient (Wildman–Crippen LogP) is 3.35. The number of fused-ring (bicyclic) bond motifs is 1. The van der Waals surface area contributed by atoms with Crippen LogP contribution in [0.25, 0.3) is 0 Å². The van der Waals surface area contributed by atoms with E-state index in [9.17, 15) is 0 Å². The average Bonchev–Trinajstić information content (AvgIpc) is 2.74. The molecule has 0 spiro atoms. The zero-order valence-electron chi connectivity index (χ0n) is 12.2. The predicted molar refractivity (Wildman–Crippen MR) is 69.9 cm³/mol. The van der Waals surface area contributed by atoms with Gasteiger partial charge in [0.2, 0.25) is 0 Å². The Hall–Kier alpha value is -0.0800. The van der Waals surface area contributed by atoms with Crippen molar-refractivity contribution in [3.8, 4) is 0 Å². The Morgan fingerprint density at radius 3 is 2.06 bits per heavy atom. The minimum Gasteiger partial charge on any atom is -0.375 e. The third-order valence-corrected chi connectivity index (χ3v) is 5.39. The quantitative estimate of drug-likeness (QED) is 0.753. The van der Waals surface area contributed by atoms with Gasteiger partial charge in [-0.2, -0.15) is 0 Å². The minimum atomic E-state index is 0.297. The summed E-state index contributed by atoms with van der Waals surface area (Å²) in [7, 11) is 0. The third-order valence-electron chi connectivity index (χ3n) is 5.39. The minimum absolute atomic E-state index is 0.297. The molecule has 2 nitrogen and oxygen atoms in total. The molecule has 0 aromatic carbocycles. The van der Waals surface area contributed by atoms with Crippen LogP contribution in [0.2, 0.25) is 0 Å². The van der Waals surface area contributed by atoms with E-state index in [1.54, 1.807) is 0 Å². The Bertz CT molecular complexity index is 270. The van der Waals surface area contributed by atoms with E-state index in [1.807, 2.05) is 0 Å². The molecule has 4 atom stereocenters. The fourth-order valence-electron chi connectivity index (χ4n) is 3.17. The van der Waals surface area contributed by atoms with Crippen molar-refractivity contribution in [2.75, 3.05) is 13.2 Å². The lowest BCUT2D eigenvalue weighted by Gasteiger charge is -2.37.